The van der Waals surface area contributed by atoms with Gasteiger partial charge in [0, 0.05) is 38.5 Å². The molecule has 0 aromatic carbocycles. The van der Waals surface area contributed by atoms with Crippen molar-refractivity contribution in [2.75, 3.05) is 13.2 Å². The van der Waals surface area contributed by atoms with Crippen LogP contribution in [0.3, 0.4) is 0 Å². The molecular weight excluding hydrogens is 1110 g/mol. The van der Waals surface area contributed by atoms with E-state index in [0.29, 0.717) is 0 Å². The monoisotopic (exact) mass is 1180 g/mol. The largest absolute Gasteiger partial charge is 0.481 e. The number of hydrogen-bond acceptors (Lipinski definition) is 19. The minimum Gasteiger partial charge on any atom is -0.481 e. The SMILES string of the molecule is CC(C)[C@H](NC(=O)[C@@H](N)CO)C(=O)N[C@@H](CCC(=O)O)C(=O)N[C@@H](C)C(=O)N[C@@H](CCC(=O)O)C(=O)N[C@@H](C)C(=O)N[C@@H](CCC(=O)O)C(=O)N[C@@H](CCC(=O)O)C(=O)NCC(=O)N[C@@H](CCC(=O)O)C(=O)N[C@@H](CCC(=O)O)C(=O)O. The Kier molecular flexibility index (Phi) is 32.9. The molecule has 0 saturated carbocycles. The lowest BCUT2D eigenvalue weighted by atomic mass is 10.0. The molecule has 0 spiro atoms. The van der Waals surface area contributed by atoms with E-state index in [1.165, 1.54) is 13.8 Å². The van der Waals surface area contributed by atoms with Gasteiger partial charge in [-0.2, -0.15) is 0 Å². The molecule has 20 N–H and O–H groups in total. The molecule has 0 aliphatic carbocycles. The number of aliphatic hydroxyl groups is 1. The summed E-state index contributed by atoms with van der Waals surface area (Å²) in [6.45, 7) is 3.27. The molecule has 10 atom stereocenters. The van der Waals surface area contributed by atoms with E-state index in [9.17, 15) is 112 Å². The van der Waals surface area contributed by atoms with Crippen LogP contribution in [-0.2, 0) is 81.5 Å². The van der Waals surface area contributed by atoms with E-state index in [0.717, 1.165) is 13.8 Å². The first-order valence-electron chi connectivity index (χ1n) is 25.0. The average molecular weight is 1180 g/mol. The quantitative estimate of drug-likeness (QED) is 0.0270. The minimum absolute atomic E-state index is 0.549. The third-order valence-electron chi connectivity index (χ3n) is 11.4. The summed E-state index contributed by atoms with van der Waals surface area (Å²) in [6, 6.07) is -16.9. The Morgan fingerprint density at radius 1 is 0.341 bits per heavy atom. The van der Waals surface area contributed by atoms with Gasteiger partial charge in [0.1, 0.15) is 60.4 Å². The third-order valence-corrected chi connectivity index (χ3v) is 11.4. The van der Waals surface area contributed by atoms with Gasteiger partial charge in [-0.1, -0.05) is 13.8 Å². The second kappa shape index (κ2) is 37.0. The minimum atomic E-state index is -1.89. The van der Waals surface area contributed by atoms with E-state index >= 15 is 0 Å². The zero-order valence-electron chi connectivity index (χ0n) is 44.8. The fourth-order valence-electron chi connectivity index (χ4n) is 6.78. The molecule has 0 aliphatic rings. The maximum atomic E-state index is 13.6. The van der Waals surface area contributed by atoms with Crippen LogP contribution in [0.15, 0.2) is 0 Å². The summed E-state index contributed by atoms with van der Waals surface area (Å²) in [4.78, 5) is 212. The Morgan fingerprint density at radius 3 is 0.939 bits per heavy atom. The Labute approximate surface area is 465 Å². The normalized spacial score (nSPS) is 14.5. The zero-order chi connectivity index (χ0) is 63.1. The van der Waals surface area contributed by atoms with Crippen molar-refractivity contribution >= 4 is 101 Å². The van der Waals surface area contributed by atoms with Crippen LogP contribution in [0.5, 0.6) is 0 Å². The Hall–Kier alpha value is -9.09. The molecule has 0 fully saturated rings. The number of carboxylic acids is 7. The van der Waals surface area contributed by atoms with E-state index < -0.39 is 257 Å². The molecular formula is C46H71N11O25. The van der Waals surface area contributed by atoms with Crippen molar-refractivity contribution in [3.8, 4) is 0 Å². The van der Waals surface area contributed by atoms with E-state index in [4.69, 9.17) is 15.9 Å². The van der Waals surface area contributed by atoms with Gasteiger partial charge in [0.15, 0.2) is 0 Å². The maximum absolute atomic E-state index is 13.6. The molecule has 36 nitrogen and oxygen atoms in total. The van der Waals surface area contributed by atoms with Crippen molar-refractivity contribution < 1.29 is 122 Å². The summed E-state index contributed by atoms with van der Waals surface area (Å²) in [6.07, 6.45) is -8.50. The van der Waals surface area contributed by atoms with Gasteiger partial charge < -0.3 is 99.8 Å². The highest BCUT2D eigenvalue weighted by atomic mass is 16.4. The highest BCUT2D eigenvalue weighted by molar-refractivity contribution is 5.99. The Balaban J connectivity index is 6.35. The molecule has 0 aliphatic heterocycles. The molecule has 82 heavy (non-hydrogen) atoms. The van der Waals surface area contributed by atoms with Crippen molar-refractivity contribution in [1.29, 1.82) is 0 Å². The fraction of sp³-hybridized carbons (Fsp3) is 0.630. The van der Waals surface area contributed by atoms with Crippen molar-refractivity contribution in [3.05, 3.63) is 0 Å². The van der Waals surface area contributed by atoms with Crippen LogP contribution in [0.1, 0.15) is 105 Å². The van der Waals surface area contributed by atoms with Crippen molar-refractivity contribution in [3.63, 3.8) is 0 Å². The topological polar surface area (TPSA) is 598 Å². The smallest absolute Gasteiger partial charge is 0.326 e. The van der Waals surface area contributed by atoms with Crippen LogP contribution in [0, 0.1) is 5.92 Å². The third kappa shape index (κ3) is 29.8. The number of rotatable bonds is 41. The first-order valence-corrected chi connectivity index (χ1v) is 25.0. The number of aliphatic hydroxyl groups excluding tert-OH is 1. The van der Waals surface area contributed by atoms with Crippen LogP contribution in [0.25, 0.3) is 0 Å². The molecule has 10 amide bonds. The molecule has 0 radical (unpaired) electrons. The maximum Gasteiger partial charge on any atom is 0.326 e. The molecule has 0 saturated heterocycles. The van der Waals surface area contributed by atoms with Crippen LogP contribution in [-0.4, -0.2) is 215 Å². The van der Waals surface area contributed by atoms with E-state index in [1.807, 2.05) is 10.6 Å². The predicted octanol–water partition coefficient (Wildman–Crippen LogP) is -7.25. The number of aliphatic carboxylic acids is 7. The standard InChI is InChI=1S/C46H71N11O25/c1-19(2)36(57-39(74)22(47)18-58)45(80)55-26(8-14-33(66)67)42(77)50-20(3)37(72)52-25(7-13-32(64)65)41(76)49-21(4)38(73)53-27(9-15-34(68)69)44(79)54-23(5-11-30(60)61)40(75)48-17-29(59)51-24(6-12-31(62)63)43(78)56-28(46(81)82)10-16-35(70)71/h19-28,36,58H,5-18,47H2,1-4H3,(H,48,75)(H,49,76)(H,50,77)(H,51,59)(H,52,72)(H,53,73)(H,54,79)(H,55,80)(H,56,78)(H,57,74)(H,60,61)(H,62,63)(H,64,65)(H,66,67)(H,68,69)(H,70,71)(H,81,82)/t20-,21-,22-,23-,24-,25-,26-,27-,28-,36-/m0/s1. The number of nitrogens with one attached hydrogen (secondary N) is 10. The summed E-state index contributed by atoms with van der Waals surface area (Å²) in [5.74, 6) is -22.9. The van der Waals surface area contributed by atoms with Crippen LogP contribution in [0.4, 0.5) is 0 Å². The summed E-state index contributed by atoms with van der Waals surface area (Å²) in [5, 5.41) is 95.5. The van der Waals surface area contributed by atoms with Gasteiger partial charge in [-0.05, 0) is 58.3 Å². The lowest BCUT2D eigenvalue weighted by molar-refractivity contribution is -0.144. The molecule has 0 aromatic heterocycles. The average Bonchev–Trinajstić information content (AvgIpc) is 3.44. The van der Waals surface area contributed by atoms with Gasteiger partial charge in [0.2, 0.25) is 59.1 Å². The highest BCUT2D eigenvalue weighted by Gasteiger charge is 2.35. The zero-order valence-corrected chi connectivity index (χ0v) is 44.8. The number of hydrogen-bond donors (Lipinski definition) is 19. The number of carbonyl (C=O) groups excluding carboxylic acids is 10. The molecule has 36 heteroatoms. The van der Waals surface area contributed by atoms with E-state index in [1.54, 1.807) is 0 Å². The van der Waals surface area contributed by atoms with Gasteiger partial charge in [0.25, 0.3) is 0 Å². The van der Waals surface area contributed by atoms with Gasteiger partial charge in [-0.3, -0.25) is 76.7 Å². The van der Waals surface area contributed by atoms with Gasteiger partial charge in [-0.15, -0.1) is 0 Å². The summed E-state index contributed by atoms with van der Waals surface area (Å²) in [7, 11) is 0. The summed E-state index contributed by atoms with van der Waals surface area (Å²) in [5.41, 5.74) is 5.51. The van der Waals surface area contributed by atoms with Crippen LogP contribution >= 0.6 is 0 Å². The van der Waals surface area contributed by atoms with Crippen molar-refractivity contribution in [1.82, 2.24) is 53.2 Å². The Bertz CT molecular complexity index is 2370. The predicted molar refractivity (Wildman–Crippen MR) is 270 cm³/mol. The summed E-state index contributed by atoms with van der Waals surface area (Å²) >= 11 is 0. The van der Waals surface area contributed by atoms with Crippen molar-refractivity contribution in [2.45, 2.75) is 165 Å². The second-order valence-electron chi connectivity index (χ2n) is 18.6. The highest BCUT2D eigenvalue weighted by Crippen LogP contribution is 2.09. The molecule has 0 aromatic rings. The number of nitrogens with two attached hydrogens (primary N) is 1. The van der Waals surface area contributed by atoms with E-state index in [-0.39, 0.29) is 0 Å². The number of carboxylic acid groups (broad SMARTS) is 7. The first kappa shape index (κ1) is 72.9. The molecule has 460 valence electrons. The number of carbonyl (C=O) groups is 17. The van der Waals surface area contributed by atoms with Crippen LogP contribution in [0.2, 0.25) is 0 Å². The molecule has 0 rings (SSSR count). The van der Waals surface area contributed by atoms with E-state index in [2.05, 4.69) is 42.5 Å². The second-order valence-corrected chi connectivity index (χ2v) is 18.6. The molecule has 0 heterocycles. The lowest BCUT2D eigenvalue weighted by Gasteiger charge is -2.27. The lowest BCUT2D eigenvalue weighted by Crippen LogP contribution is -2.60. The Morgan fingerprint density at radius 2 is 0.622 bits per heavy atom. The molecule has 0 unspecified atom stereocenters. The fourth-order valence-corrected chi connectivity index (χ4v) is 6.78. The number of amides is 10. The van der Waals surface area contributed by atoms with Crippen LogP contribution < -0.4 is 58.9 Å². The van der Waals surface area contributed by atoms with Gasteiger partial charge in [-0.25, -0.2) is 4.79 Å². The molecule has 0 bridgehead atoms. The first-order chi connectivity index (χ1) is 38.1. The van der Waals surface area contributed by atoms with Gasteiger partial charge in [0.05, 0.1) is 13.2 Å². The van der Waals surface area contributed by atoms with Gasteiger partial charge >= 0.3 is 41.8 Å². The summed E-state index contributed by atoms with van der Waals surface area (Å²) < 4.78 is 0. The van der Waals surface area contributed by atoms with Crippen molar-refractivity contribution in [2.24, 2.45) is 11.7 Å².